The van der Waals surface area contributed by atoms with Crippen molar-refractivity contribution < 1.29 is 24.2 Å². The minimum atomic E-state index is -1.02. The molecule has 0 saturated heterocycles. The summed E-state index contributed by atoms with van der Waals surface area (Å²) in [6.45, 7) is 7.01. The highest BCUT2D eigenvalue weighted by atomic mass is 16.5. The first-order valence-corrected chi connectivity index (χ1v) is 17.6. The Morgan fingerprint density at radius 1 is 0.840 bits per heavy atom. The van der Waals surface area contributed by atoms with Gasteiger partial charge in [-0.3, -0.25) is 14.4 Å². The maximum Gasteiger partial charge on any atom is 0.305 e. The molecule has 262 valence electrons. The van der Waals surface area contributed by atoms with E-state index in [0.29, 0.717) is 11.4 Å². The van der Waals surface area contributed by atoms with E-state index < -0.39 is 17.9 Å². The lowest BCUT2D eigenvalue weighted by Gasteiger charge is -2.21. The number of nitrogens with one attached hydrogen (secondary N) is 2. The van der Waals surface area contributed by atoms with E-state index in [1.807, 2.05) is 60.7 Å². The third-order valence-corrected chi connectivity index (χ3v) is 9.28. The predicted molar refractivity (Wildman–Crippen MR) is 195 cm³/mol. The molecule has 5 rings (SSSR count). The number of amides is 2. The van der Waals surface area contributed by atoms with E-state index in [4.69, 9.17) is 9.84 Å². The number of aliphatic carboxylic acids is 1. The first kappa shape index (κ1) is 36.2. The number of hydrogen-bond donors (Lipinski definition) is 3. The standard InChI is InChI=1S/C41H48N4O5/c1-41(2,3)34-17-13-32(14-18-34)39(48)45-36(40(49)42-23-21-37(46)47)25-29-9-11-31(12-10-29)38-43-26-33(27-44-38)30-15-19-35(20-16-30)50-24-22-28-7-5-4-6-8-28/h9-20,26-28,36H,4-8,21-25H2,1-3H3,(H,42,49)(H,45,48)(H,46,47). The quantitative estimate of drug-likeness (QED) is 0.127. The van der Waals surface area contributed by atoms with Crippen molar-refractivity contribution in [3.63, 3.8) is 0 Å². The zero-order valence-electron chi connectivity index (χ0n) is 29.3. The van der Waals surface area contributed by atoms with Crippen LogP contribution in [0.5, 0.6) is 5.75 Å². The Morgan fingerprint density at radius 2 is 1.48 bits per heavy atom. The first-order chi connectivity index (χ1) is 24.0. The van der Waals surface area contributed by atoms with Crippen molar-refractivity contribution in [3.05, 3.63) is 102 Å². The second kappa shape index (κ2) is 17.1. The smallest absolute Gasteiger partial charge is 0.305 e. The zero-order chi connectivity index (χ0) is 35.5. The van der Waals surface area contributed by atoms with Gasteiger partial charge in [-0.15, -0.1) is 0 Å². The summed E-state index contributed by atoms with van der Waals surface area (Å²) in [5.41, 5.74) is 5.00. The minimum Gasteiger partial charge on any atom is -0.494 e. The van der Waals surface area contributed by atoms with Crippen LogP contribution in [0.2, 0.25) is 0 Å². The SMILES string of the molecule is CC(C)(C)c1ccc(C(=O)NC(Cc2ccc(-c3ncc(-c4ccc(OCCC5CCCCC5)cc4)cn3)cc2)C(=O)NCCC(=O)O)cc1. The number of nitrogens with zero attached hydrogens (tertiary/aromatic N) is 2. The molecule has 1 fully saturated rings. The molecule has 1 aliphatic rings. The van der Waals surface area contributed by atoms with Crippen LogP contribution in [0.3, 0.4) is 0 Å². The van der Waals surface area contributed by atoms with Gasteiger partial charge in [0.15, 0.2) is 5.82 Å². The molecule has 1 heterocycles. The van der Waals surface area contributed by atoms with Crippen molar-refractivity contribution in [2.45, 2.75) is 83.6 Å². The zero-order valence-corrected chi connectivity index (χ0v) is 29.3. The highest BCUT2D eigenvalue weighted by molar-refractivity contribution is 5.97. The molecule has 3 aromatic carbocycles. The fourth-order valence-electron chi connectivity index (χ4n) is 6.20. The Labute approximate surface area is 294 Å². The number of aromatic nitrogens is 2. The van der Waals surface area contributed by atoms with E-state index in [2.05, 4.69) is 41.4 Å². The molecule has 0 bridgehead atoms. The van der Waals surface area contributed by atoms with E-state index in [1.54, 1.807) is 24.5 Å². The van der Waals surface area contributed by atoms with Crippen molar-refractivity contribution >= 4 is 17.8 Å². The Kier molecular flexibility index (Phi) is 12.4. The van der Waals surface area contributed by atoms with Gasteiger partial charge >= 0.3 is 5.97 Å². The van der Waals surface area contributed by atoms with Crippen LogP contribution in [-0.4, -0.2) is 52.1 Å². The average molecular weight is 677 g/mol. The fraction of sp³-hybridized carbons (Fsp3) is 0.390. The average Bonchev–Trinajstić information content (AvgIpc) is 3.12. The van der Waals surface area contributed by atoms with Gasteiger partial charge in [-0.05, 0) is 58.7 Å². The van der Waals surface area contributed by atoms with Crippen LogP contribution < -0.4 is 15.4 Å². The molecule has 1 atom stereocenters. The molecule has 4 aromatic rings. The van der Waals surface area contributed by atoms with Gasteiger partial charge in [0.05, 0.1) is 13.0 Å². The first-order valence-electron chi connectivity index (χ1n) is 17.6. The molecule has 3 N–H and O–H groups in total. The summed E-state index contributed by atoms with van der Waals surface area (Å²) in [5.74, 6) is 0.386. The molecule has 50 heavy (non-hydrogen) atoms. The lowest BCUT2D eigenvalue weighted by Crippen LogP contribution is -2.48. The third kappa shape index (κ3) is 10.5. The Hall–Kier alpha value is -5.05. The van der Waals surface area contributed by atoms with Crippen LogP contribution in [0.15, 0.2) is 85.2 Å². The molecule has 9 nitrogen and oxygen atoms in total. The van der Waals surface area contributed by atoms with E-state index in [1.165, 1.54) is 32.1 Å². The lowest BCUT2D eigenvalue weighted by atomic mass is 9.86. The maximum absolute atomic E-state index is 13.2. The predicted octanol–water partition coefficient (Wildman–Crippen LogP) is 7.39. The number of rotatable bonds is 14. The van der Waals surface area contributed by atoms with Crippen molar-refractivity contribution in [2.24, 2.45) is 5.92 Å². The normalized spacial score (nSPS) is 14.1. The van der Waals surface area contributed by atoms with Crippen LogP contribution >= 0.6 is 0 Å². The van der Waals surface area contributed by atoms with E-state index in [-0.39, 0.29) is 30.7 Å². The number of hydrogen-bond acceptors (Lipinski definition) is 6. The number of benzene rings is 3. The van der Waals surface area contributed by atoms with E-state index >= 15 is 0 Å². The second-order valence-electron chi connectivity index (χ2n) is 14.2. The van der Waals surface area contributed by atoms with Gasteiger partial charge in [-0.25, -0.2) is 9.97 Å². The third-order valence-electron chi connectivity index (χ3n) is 9.28. The number of carbonyl (C=O) groups is 3. The largest absolute Gasteiger partial charge is 0.494 e. The van der Waals surface area contributed by atoms with Gasteiger partial charge in [0.1, 0.15) is 11.8 Å². The highest BCUT2D eigenvalue weighted by Gasteiger charge is 2.23. The van der Waals surface area contributed by atoms with Crippen molar-refractivity contribution in [1.82, 2.24) is 20.6 Å². The second-order valence-corrected chi connectivity index (χ2v) is 14.2. The topological polar surface area (TPSA) is 131 Å². The van der Waals surface area contributed by atoms with Gasteiger partial charge in [0.2, 0.25) is 5.91 Å². The minimum absolute atomic E-state index is 0.0363. The maximum atomic E-state index is 13.2. The van der Waals surface area contributed by atoms with E-state index in [9.17, 15) is 14.4 Å². The Bertz CT molecular complexity index is 1710. The van der Waals surface area contributed by atoms with Crippen molar-refractivity contribution in [3.8, 4) is 28.3 Å². The molecule has 2 amide bonds. The van der Waals surface area contributed by atoms with Crippen LogP contribution in [0, 0.1) is 5.92 Å². The highest BCUT2D eigenvalue weighted by Crippen LogP contribution is 2.28. The molecule has 1 aromatic heterocycles. The molecule has 1 aliphatic carbocycles. The summed E-state index contributed by atoms with van der Waals surface area (Å²) in [6, 6.07) is 22.0. The molecular formula is C41H48N4O5. The molecule has 1 saturated carbocycles. The summed E-state index contributed by atoms with van der Waals surface area (Å²) >= 11 is 0. The van der Waals surface area contributed by atoms with Crippen LogP contribution in [0.25, 0.3) is 22.5 Å². The lowest BCUT2D eigenvalue weighted by molar-refractivity contribution is -0.137. The summed E-state index contributed by atoms with van der Waals surface area (Å²) in [7, 11) is 0. The monoisotopic (exact) mass is 676 g/mol. The van der Waals surface area contributed by atoms with Gasteiger partial charge < -0.3 is 20.5 Å². The van der Waals surface area contributed by atoms with Crippen LogP contribution in [0.1, 0.15) is 87.2 Å². The molecule has 0 spiro atoms. The van der Waals surface area contributed by atoms with Gasteiger partial charge in [0.25, 0.3) is 5.91 Å². The molecule has 0 radical (unpaired) electrons. The van der Waals surface area contributed by atoms with Gasteiger partial charge in [-0.2, -0.15) is 0 Å². The van der Waals surface area contributed by atoms with E-state index in [0.717, 1.165) is 52.5 Å². The summed E-state index contributed by atoms with van der Waals surface area (Å²) in [4.78, 5) is 46.5. The number of ether oxygens (including phenoxy) is 1. The summed E-state index contributed by atoms with van der Waals surface area (Å²) < 4.78 is 6.01. The molecular weight excluding hydrogens is 628 g/mol. The van der Waals surface area contributed by atoms with Crippen molar-refractivity contribution in [1.29, 1.82) is 0 Å². The fourth-order valence-corrected chi connectivity index (χ4v) is 6.20. The van der Waals surface area contributed by atoms with Gasteiger partial charge in [-0.1, -0.05) is 101 Å². The number of carboxylic acid groups (broad SMARTS) is 1. The van der Waals surface area contributed by atoms with Gasteiger partial charge in [0, 0.05) is 42.0 Å². The summed E-state index contributed by atoms with van der Waals surface area (Å²) in [5, 5.41) is 14.5. The number of carbonyl (C=O) groups excluding carboxylic acids is 2. The van der Waals surface area contributed by atoms with Crippen molar-refractivity contribution in [2.75, 3.05) is 13.2 Å². The summed E-state index contributed by atoms with van der Waals surface area (Å²) in [6.07, 6.45) is 11.4. The molecule has 9 heteroatoms. The Balaban J connectivity index is 1.19. The van der Waals surface area contributed by atoms with Crippen LogP contribution in [-0.2, 0) is 21.4 Å². The molecule has 1 unspecified atom stereocenters. The Morgan fingerprint density at radius 3 is 2.10 bits per heavy atom. The number of carboxylic acids is 1. The molecule has 0 aliphatic heterocycles. The van der Waals surface area contributed by atoms with Crippen LogP contribution in [0.4, 0.5) is 0 Å².